The van der Waals surface area contributed by atoms with Crippen LogP contribution in [0.4, 0.5) is 15.5 Å². The van der Waals surface area contributed by atoms with Gasteiger partial charge in [0, 0.05) is 28.2 Å². The van der Waals surface area contributed by atoms with E-state index in [-0.39, 0.29) is 17.2 Å². The Morgan fingerprint density at radius 2 is 1.94 bits per heavy atom. The Morgan fingerprint density at radius 3 is 2.59 bits per heavy atom. The Hall–Kier alpha value is -3.18. The smallest absolute Gasteiger partial charge is 0.324 e. The summed E-state index contributed by atoms with van der Waals surface area (Å²) in [6.07, 6.45) is 1.50. The average molecular weight is 477 g/mol. The van der Waals surface area contributed by atoms with Gasteiger partial charge in [-0.2, -0.15) is 8.42 Å². The summed E-state index contributed by atoms with van der Waals surface area (Å²) in [7, 11) is -3.47. The number of amides is 2. The minimum absolute atomic E-state index is 0.0377. The summed E-state index contributed by atoms with van der Waals surface area (Å²) in [4.78, 5) is 11.4. The van der Waals surface area contributed by atoms with Crippen LogP contribution in [0.2, 0.25) is 0 Å². The van der Waals surface area contributed by atoms with Crippen molar-refractivity contribution in [3.63, 3.8) is 0 Å². The summed E-state index contributed by atoms with van der Waals surface area (Å²) < 4.78 is 36.9. The van der Waals surface area contributed by atoms with Gasteiger partial charge in [0.25, 0.3) is 0 Å². The maximum absolute atomic E-state index is 11.4. The SMILES string of the molecule is CCS(=O)(=O)Oc1ccc2c(c1)C(C)(C)CO2.O=C(Nc1ccccc1)Nc1cnns1. The van der Waals surface area contributed by atoms with Crippen LogP contribution in [0.15, 0.2) is 54.7 Å². The van der Waals surface area contributed by atoms with Crippen LogP contribution < -0.4 is 19.6 Å². The molecule has 0 spiro atoms. The molecule has 0 aliphatic carbocycles. The Bertz CT molecular complexity index is 1150. The predicted molar refractivity (Wildman–Crippen MR) is 124 cm³/mol. The Labute approximate surface area is 191 Å². The van der Waals surface area contributed by atoms with Gasteiger partial charge < -0.3 is 14.2 Å². The zero-order valence-corrected chi connectivity index (χ0v) is 19.5. The molecule has 0 atom stereocenters. The predicted octanol–water partition coefficient (Wildman–Crippen LogP) is 4.27. The van der Waals surface area contributed by atoms with Gasteiger partial charge in [0.2, 0.25) is 0 Å². The van der Waals surface area contributed by atoms with E-state index < -0.39 is 10.1 Å². The van der Waals surface area contributed by atoms with E-state index in [9.17, 15) is 13.2 Å². The lowest BCUT2D eigenvalue weighted by atomic mass is 9.87. The number of benzene rings is 2. The summed E-state index contributed by atoms with van der Waals surface area (Å²) in [5.74, 6) is 1.12. The van der Waals surface area contributed by atoms with E-state index in [1.54, 1.807) is 25.1 Å². The fourth-order valence-corrected chi connectivity index (χ4v) is 3.70. The number of hydrogen-bond donors (Lipinski definition) is 2. The van der Waals surface area contributed by atoms with Crippen LogP contribution in [0.5, 0.6) is 11.5 Å². The van der Waals surface area contributed by atoms with Crippen LogP contribution in [0.3, 0.4) is 0 Å². The number of aromatic nitrogens is 2. The van der Waals surface area contributed by atoms with Crippen molar-refractivity contribution >= 4 is 38.4 Å². The quantitative estimate of drug-likeness (QED) is 0.528. The molecule has 0 bridgehead atoms. The maximum Gasteiger partial charge on any atom is 0.324 e. The van der Waals surface area contributed by atoms with Gasteiger partial charge in [-0.1, -0.05) is 36.5 Å². The van der Waals surface area contributed by atoms with Crippen LogP contribution >= 0.6 is 11.5 Å². The Kier molecular flexibility index (Phi) is 7.31. The second-order valence-corrected chi connectivity index (χ2v) is 10.1. The topological polar surface area (TPSA) is 120 Å². The van der Waals surface area contributed by atoms with Gasteiger partial charge in [-0.25, -0.2) is 4.79 Å². The number of hydrogen-bond acceptors (Lipinski definition) is 8. The number of anilines is 2. The number of carbonyl (C=O) groups is 1. The molecule has 32 heavy (non-hydrogen) atoms. The fraction of sp³-hybridized carbons (Fsp3) is 0.286. The lowest BCUT2D eigenvalue weighted by Crippen LogP contribution is -2.18. The van der Waals surface area contributed by atoms with Crippen molar-refractivity contribution in [1.82, 2.24) is 9.59 Å². The van der Waals surface area contributed by atoms with Crippen LogP contribution in [0, 0.1) is 0 Å². The molecule has 2 heterocycles. The average Bonchev–Trinajstić information content (AvgIpc) is 3.37. The van der Waals surface area contributed by atoms with Gasteiger partial charge in [-0.05, 0) is 37.3 Å². The van der Waals surface area contributed by atoms with E-state index in [1.807, 2.05) is 30.3 Å². The number of ether oxygens (including phenoxy) is 1. The molecule has 11 heteroatoms. The standard InChI is InChI=1S/C12H16O4S.C9H8N4OS/c1-4-17(13,14)16-9-5-6-11-10(7-9)12(2,3)8-15-11;14-9(12-8-6-10-13-15-8)11-7-4-2-1-3-5-7/h5-7H,4,8H2,1-3H3;1-6H,(H2,11,12,14). The molecule has 1 aliphatic rings. The van der Waals surface area contributed by atoms with E-state index >= 15 is 0 Å². The second kappa shape index (κ2) is 9.96. The molecule has 0 radical (unpaired) electrons. The largest absolute Gasteiger partial charge is 0.492 e. The zero-order valence-electron chi connectivity index (χ0n) is 17.9. The first-order chi connectivity index (χ1) is 15.2. The summed E-state index contributed by atoms with van der Waals surface area (Å²) in [5.41, 5.74) is 1.62. The highest BCUT2D eigenvalue weighted by Crippen LogP contribution is 2.40. The van der Waals surface area contributed by atoms with Crippen LogP contribution in [0.1, 0.15) is 26.3 Å². The zero-order chi connectivity index (χ0) is 23.2. The van der Waals surface area contributed by atoms with Crippen molar-refractivity contribution in [2.24, 2.45) is 0 Å². The molecule has 1 aromatic heterocycles. The van der Waals surface area contributed by atoms with Gasteiger partial charge in [-0.3, -0.25) is 5.32 Å². The monoisotopic (exact) mass is 476 g/mol. The number of carbonyl (C=O) groups excluding carboxylic acids is 1. The van der Waals surface area contributed by atoms with Gasteiger partial charge in [0.1, 0.15) is 16.5 Å². The number of fused-ring (bicyclic) bond motifs is 1. The molecule has 0 fully saturated rings. The first-order valence-electron chi connectivity index (χ1n) is 9.78. The van der Waals surface area contributed by atoms with Crippen molar-refractivity contribution in [2.45, 2.75) is 26.2 Å². The number of rotatable bonds is 5. The first kappa shape index (κ1) is 23.5. The van der Waals surface area contributed by atoms with E-state index in [2.05, 4.69) is 34.1 Å². The molecule has 0 unspecified atom stereocenters. The first-order valence-corrected chi connectivity index (χ1v) is 12.1. The minimum Gasteiger partial charge on any atom is -0.492 e. The van der Waals surface area contributed by atoms with E-state index in [0.717, 1.165) is 28.5 Å². The van der Waals surface area contributed by atoms with Crippen molar-refractivity contribution < 1.29 is 22.1 Å². The third kappa shape index (κ3) is 6.41. The molecule has 0 saturated heterocycles. The second-order valence-electron chi connectivity index (χ2n) is 7.49. The lowest BCUT2D eigenvalue weighted by Gasteiger charge is -2.15. The van der Waals surface area contributed by atoms with Crippen molar-refractivity contribution in [3.8, 4) is 11.5 Å². The van der Waals surface area contributed by atoms with Gasteiger partial charge >= 0.3 is 16.1 Å². The molecule has 3 aromatic rings. The van der Waals surface area contributed by atoms with Crippen molar-refractivity contribution in [3.05, 3.63) is 60.3 Å². The third-order valence-corrected chi connectivity index (χ3v) is 6.21. The summed E-state index contributed by atoms with van der Waals surface area (Å²) in [6, 6.07) is 14.0. The van der Waals surface area contributed by atoms with E-state index in [4.69, 9.17) is 8.92 Å². The number of urea groups is 1. The molecular weight excluding hydrogens is 452 g/mol. The number of nitrogens with zero attached hydrogens (tertiary/aromatic N) is 2. The molecule has 2 amide bonds. The lowest BCUT2D eigenvalue weighted by molar-refractivity contribution is 0.262. The van der Waals surface area contributed by atoms with E-state index in [0.29, 0.717) is 17.4 Å². The molecular formula is C21H24N4O5S2. The van der Waals surface area contributed by atoms with Gasteiger partial charge in [0.05, 0.1) is 18.6 Å². The fourth-order valence-electron chi connectivity index (χ4n) is 2.78. The Morgan fingerprint density at radius 1 is 1.19 bits per heavy atom. The normalized spacial score (nSPS) is 13.7. The molecule has 170 valence electrons. The molecule has 1 aliphatic heterocycles. The maximum atomic E-state index is 11.4. The number of para-hydroxylation sites is 1. The van der Waals surface area contributed by atoms with Crippen LogP contribution in [-0.4, -0.2) is 36.4 Å². The summed E-state index contributed by atoms with van der Waals surface area (Å²) in [5, 5.41) is 9.52. The van der Waals surface area contributed by atoms with Crippen molar-refractivity contribution in [2.75, 3.05) is 23.0 Å². The molecule has 9 nitrogen and oxygen atoms in total. The highest BCUT2D eigenvalue weighted by Gasteiger charge is 2.32. The highest BCUT2D eigenvalue weighted by molar-refractivity contribution is 7.87. The summed E-state index contributed by atoms with van der Waals surface area (Å²) in [6.45, 7) is 6.26. The Balaban J connectivity index is 0.000000182. The molecule has 2 N–H and O–H groups in total. The molecule has 4 rings (SSSR count). The molecule has 0 saturated carbocycles. The minimum atomic E-state index is -3.47. The number of nitrogens with one attached hydrogen (secondary N) is 2. The van der Waals surface area contributed by atoms with Crippen LogP contribution in [0.25, 0.3) is 0 Å². The third-order valence-electron chi connectivity index (χ3n) is 4.48. The van der Waals surface area contributed by atoms with Crippen molar-refractivity contribution in [1.29, 1.82) is 0 Å². The summed E-state index contributed by atoms with van der Waals surface area (Å²) >= 11 is 1.13. The molecule has 2 aromatic carbocycles. The van der Waals surface area contributed by atoms with Gasteiger partial charge in [-0.15, -0.1) is 5.10 Å². The van der Waals surface area contributed by atoms with Crippen LogP contribution in [-0.2, 0) is 15.5 Å². The van der Waals surface area contributed by atoms with E-state index in [1.165, 1.54) is 6.20 Å². The van der Waals surface area contributed by atoms with Gasteiger partial charge in [0.15, 0.2) is 0 Å². The highest BCUT2D eigenvalue weighted by atomic mass is 32.2.